The Kier molecular flexibility index (Phi) is 2.90. The van der Waals surface area contributed by atoms with Crippen LogP contribution in [0.3, 0.4) is 0 Å². The van der Waals surface area contributed by atoms with Crippen LogP contribution < -0.4 is 0 Å². The highest BCUT2D eigenvalue weighted by Gasteiger charge is 2.54. The SMILES string of the molecule is C[Si](C)(C)C1([Si](C)(Cl)Cl)C=CC=C1. The fourth-order valence-electron chi connectivity index (χ4n) is 1.92. The van der Waals surface area contributed by atoms with Gasteiger partial charge in [-0.2, -0.15) is 0 Å². The van der Waals surface area contributed by atoms with Crippen LogP contribution in [0.2, 0.25) is 30.8 Å². The van der Waals surface area contributed by atoms with Crippen LogP contribution in [0.5, 0.6) is 0 Å². The molecule has 0 aromatic carbocycles. The molecule has 1 aliphatic carbocycles. The van der Waals surface area contributed by atoms with Gasteiger partial charge in [0.15, 0.2) is 0 Å². The van der Waals surface area contributed by atoms with Gasteiger partial charge in [-0.25, -0.2) is 0 Å². The summed E-state index contributed by atoms with van der Waals surface area (Å²) in [5.74, 6) is 0. The molecule has 0 amide bonds. The number of allylic oxidation sites excluding steroid dienone is 4. The topological polar surface area (TPSA) is 0 Å². The van der Waals surface area contributed by atoms with E-state index in [0.717, 1.165) is 0 Å². The van der Waals surface area contributed by atoms with Crippen molar-refractivity contribution in [3.63, 3.8) is 0 Å². The molecule has 0 fully saturated rings. The van der Waals surface area contributed by atoms with Gasteiger partial charge in [-0.15, -0.1) is 22.2 Å². The molecule has 0 aromatic heterocycles. The first-order chi connectivity index (χ1) is 5.71. The molecule has 1 aliphatic rings. The van der Waals surface area contributed by atoms with Crippen molar-refractivity contribution >= 4 is 36.9 Å². The molecular weight excluding hydrogens is 235 g/mol. The summed E-state index contributed by atoms with van der Waals surface area (Å²) in [5.41, 5.74) is 0. The van der Waals surface area contributed by atoms with Gasteiger partial charge in [0.05, 0.1) is 8.07 Å². The van der Waals surface area contributed by atoms with E-state index in [0.29, 0.717) is 0 Å². The van der Waals surface area contributed by atoms with Gasteiger partial charge in [0, 0.05) is 4.66 Å². The molecule has 0 nitrogen and oxygen atoms in total. The molecular formula is C9H16Cl2Si2. The second-order valence-electron chi connectivity index (χ2n) is 4.73. The van der Waals surface area contributed by atoms with Crippen molar-refractivity contribution < 1.29 is 0 Å². The molecule has 0 heterocycles. The maximum atomic E-state index is 6.42. The minimum Gasteiger partial charge on any atom is -0.145 e. The number of halogens is 2. The minimum atomic E-state index is -2.18. The highest BCUT2D eigenvalue weighted by molar-refractivity contribution is 7.49. The monoisotopic (exact) mass is 250 g/mol. The van der Waals surface area contributed by atoms with E-state index in [4.69, 9.17) is 22.2 Å². The third-order valence-electron chi connectivity index (χ3n) is 2.80. The van der Waals surface area contributed by atoms with E-state index in [1.54, 1.807) is 0 Å². The first kappa shape index (κ1) is 11.6. The molecule has 1 rings (SSSR count). The molecule has 4 heteroatoms. The van der Waals surface area contributed by atoms with Gasteiger partial charge in [-0.1, -0.05) is 43.9 Å². The zero-order valence-electron chi connectivity index (χ0n) is 8.57. The Morgan fingerprint density at radius 2 is 1.31 bits per heavy atom. The van der Waals surface area contributed by atoms with Crippen LogP contribution >= 0.6 is 22.2 Å². The van der Waals surface area contributed by atoms with Crippen LogP contribution in [0, 0.1) is 0 Å². The van der Waals surface area contributed by atoms with E-state index in [9.17, 15) is 0 Å². The maximum Gasteiger partial charge on any atom is 0.259 e. The van der Waals surface area contributed by atoms with Crippen molar-refractivity contribution in [3.05, 3.63) is 24.3 Å². The van der Waals surface area contributed by atoms with Crippen LogP contribution in [0.15, 0.2) is 24.3 Å². The Labute approximate surface area is 92.1 Å². The average Bonchev–Trinajstić information content (AvgIpc) is 2.28. The Morgan fingerprint density at radius 1 is 0.923 bits per heavy atom. The predicted molar refractivity (Wildman–Crippen MR) is 67.6 cm³/mol. The quantitative estimate of drug-likeness (QED) is 0.507. The van der Waals surface area contributed by atoms with Crippen LogP contribution in [0.25, 0.3) is 0 Å². The lowest BCUT2D eigenvalue weighted by Gasteiger charge is -2.43. The molecule has 0 saturated carbocycles. The maximum absolute atomic E-state index is 6.42. The molecule has 0 radical (unpaired) electrons. The van der Waals surface area contributed by atoms with Crippen molar-refractivity contribution in [1.82, 2.24) is 0 Å². The fourth-order valence-corrected chi connectivity index (χ4v) is 15.0. The molecule has 0 unspecified atom stereocenters. The van der Waals surface area contributed by atoms with E-state index in [-0.39, 0.29) is 4.66 Å². The molecule has 13 heavy (non-hydrogen) atoms. The summed E-state index contributed by atoms with van der Waals surface area (Å²) in [7, 11) is -1.39. The minimum absolute atomic E-state index is 0.0170. The fraction of sp³-hybridized carbons (Fsp3) is 0.556. The summed E-state index contributed by atoms with van der Waals surface area (Å²) < 4.78 is 0.0170. The van der Waals surface area contributed by atoms with Crippen molar-refractivity contribution in [3.8, 4) is 0 Å². The Morgan fingerprint density at radius 3 is 1.46 bits per heavy atom. The zero-order valence-corrected chi connectivity index (χ0v) is 12.1. The molecule has 0 aliphatic heterocycles. The smallest absolute Gasteiger partial charge is 0.145 e. The van der Waals surface area contributed by atoms with Gasteiger partial charge in [0.2, 0.25) is 0 Å². The number of hydrogen-bond donors (Lipinski definition) is 0. The predicted octanol–water partition coefficient (Wildman–Crippen LogP) is 4.28. The summed E-state index contributed by atoms with van der Waals surface area (Å²) >= 11 is 12.8. The second kappa shape index (κ2) is 3.26. The first-order valence-corrected chi connectivity index (χ1v) is 12.5. The van der Waals surface area contributed by atoms with Crippen molar-refractivity contribution in [2.75, 3.05) is 0 Å². The van der Waals surface area contributed by atoms with Crippen molar-refractivity contribution in [2.24, 2.45) is 0 Å². The highest BCUT2D eigenvalue weighted by atomic mass is 35.7. The van der Waals surface area contributed by atoms with Gasteiger partial charge in [0.1, 0.15) is 0 Å². The van der Waals surface area contributed by atoms with Crippen LogP contribution in [-0.4, -0.2) is 14.8 Å². The number of hydrogen-bond acceptors (Lipinski definition) is 0. The highest BCUT2D eigenvalue weighted by Crippen LogP contribution is 2.54. The van der Waals surface area contributed by atoms with E-state index in [1.807, 2.05) is 6.55 Å². The lowest BCUT2D eigenvalue weighted by Crippen LogP contribution is -2.49. The van der Waals surface area contributed by atoms with Gasteiger partial charge in [0.25, 0.3) is 6.69 Å². The molecule has 74 valence electrons. The molecule has 0 saturated heterocycles. The summed E-state index contributed by atoms with van der Waals surface area (Å²) in [6, 6.07) is 0. The summed E-state index contributed by atoms with van der Waals surface area (Å²) in [6.07, 6.45) is 8.58. The van der Waals surface area contributed by atoms with Crippen molar-refractivity contribution in [2.45, 2.75) is 30.8 Å². The Hall–Kier alpha value is 0.494. The molecule has 0 atom stereocenters. The first-order valence-electron chi connectivity index (χ1n) is 4.46. The van der Waals surface area contributed by atoms with Gasteiger partial charge < -0.3 is 0 Å². The third-order valence-corrected chi connectivity index (χ3v) is 14.0. The van der Waals surface area contributed by atoms with E-state index in [2.05, 4.69) is 43.9 Å². The van der Waals surface area contributed by atoms with Crippen LogP contribution in [0.1, 0.15) is 0 Å². The molecule has 0 bridgehead atoms. The van der Waals surface area contributed by atoms with Gasteiger partial charge in [-0.05, 0) is 6.55 Å². The zero-order chi connectivity index (χ0) is 10.3. The molecule has 0 aromatic rings. The average molecular weight is 251 g/mol. The summed E-state index contributed by atoms with van der Waals surface area (Å²) in [5, 5.41) is 0. The Bertz CT molecular complexity index is 228. The Balaban J connectivity index is 3.19. The second-order valence-corrected chi connectivity index (χ2v) is 18.3. The van der Waals surface area contributed by atoms with Crippen LogP contribution in [-0.2, 0) is 0 Å². The van der Waals surface area contributed by atoms with Crippen molar-refractivity contribution in [1.29, 1.82) is 0 Å². The van der Waals surface area contributed by atoms with Gasteiger partial charge in [-0.3, -0.25) is 0 Å². The lowest BCUT2D eigenvalue weighted by molar-refractivity contribution is 1.14. The van der Waals surface area contributed by atoms with Gasteiger partial charge >= 0.3 is 0 Å². The standard InChI is InChI=1S/C9H16Cl2Si2/c1-12(2,3)9(13(4,10)11)7-5-6-8-9/h5-8H,1-4H3. The molecule has 0 N–H and O–H groups in total. The van der Waals surface area contributed by atoms with Crippen LogP contribution in [0.4, 0.5) is 0 Å². The van der Waals surface area contributed by atoms with E-state index in [1.165, 1.54) is 0 Å². The lowest BCUT2D eigenvalue weighted by atomic mass is 10.4. The normalized spacial score (nSPS) is 21.1. The van der Waals surface area contributed by atoms with E-state index >= 15 is 0 Å². The largest absolute Gasteiger partial charge is 0.259 e. The number of rotatable bonds is 2. The third kappa shape index (κ3) is 1.82. The molecule has 0 spiro atoms. The summed E-state index contributed by atoms with van der Waals surface area (Å²) in [6.45, 7) is 6.81. The summed E-state index contributed by atoms with van der Waals surface area (Å²) in [4.78, 5) is 0. The van der Waals surface area contributed by atoms with E-state index < -0.39 is 14.8 Å².